The van der Waals surface area contributed by atoms with Gasteiger partial charge in [-0.25, -0.2) is 4.57 Å². The Morgan fingerprint density at radius 1 is 0.434 bits per heavy atom. The molecule has 0 saturated carbocycles. The average molecular weight is 775 g/mol. The lowest BCUT2D eigenvalue weighted by atomic mass is 10.0. The van der Waals surface area contributed by atoms with Crippen molar-refractivity contribution in [2.75, 3.05) is 13.2 Å². The van der Waals surface area contributed by atoms with Gasteiger partial charge < -0.3 is 19.3 Å². The third-order valence-electron chi connectivity index (χ3n) is 10.2. The van der Waals surface area contributed by atoms with E-state index in [0.29, 0.717) is 6.42 Å². The largest absolute Gasteiger partial charge is 0.469 e. The zero-order valence-corrected chi connectivity index (χ0v) is 36.2. The van der Waals surface area contributed by atoms with Gasteiger partial charge in [0.2, 0.25) is 0 Å². The Kier molecular flexibility index (Phi) is 37.3. The summed E-state index contributed by atoms with van der Waals surface area (Å²) >= 11 is 0. The van der Waals surface area contributed by atoms with Gasteiger partial charge in [-0.2, -0.15) is 0 Å². The molecule has 0 saturated heterocycles. The number of carbonyl (C=O) groups excluding carboxylic acids is 2. The Bertz CT molecular complexity index is 858. The Balaban J connectivity index is 3.83. The maximum Gasteiger partial charge on any atom is 0.469 e. The molecule has 0 aliphatic heterocycles. The minimum Gasteiger partial charge on any atom is -0.462 e. The first-order valence-electron chi connectivity index (χ1n) is 22.5. The molecule has 0 aromatic carbocycles. The maximum atomic E-state index is 12.4. The predicted molar refractivity (Wildman–Crippen MR) is 221 cm³/mol. The summed E-state index contributed by atoms with van der Waals surface area (Å²) in [5.41, 5.74) is 0. The van der Waals surface area contributed by atoms with Gasteiger partial charge in [-0.15, -0.1) is 0 Å². The van der Waals surface area contributed by atoms with Crippen molar-refractivity contribution < 1.29 is 37.9 Å². The van der Waals surface area contributed by atoms with Crippen LogP contribution in [0, 0.1) is 11.8 Å². The molecule has 2 N–H and O–H groups in total. The summed E-state index contributed by atoms with van der Waals surface area (Å²) < 4.78 is 26.5. The van der Waals surface area contributed by atoms with Gasteiger partial charge in [0, 0.05) is 12.8 Å². The average Bonchev–Trinajstić information content (AvgIpc) is 3.09. The first-order valence-corrected chi connectivity index (χ1v) is 24.1. The summed E-state index contributed by atoms with van der Waals surface area (Å²) in [5.74, 6) is 0.800. The van der Waals surface area contributed by atoms with Crippen LogP contribution in [0.15, 0.2) is 0 Å². The molecule has 0 aliphatic rings. The van der Waals surface area contributed by atoms with Crippen molar-refractivity contribution in [2.24, 2.45) is 11.8 Å². The Morgan fingerprint density at radius 2 is 0.717 bits per heavy atom. The molecule has 1 atom stereocenters. The van der Waals surface area contributed by atoms with Gasteiger partial charge in [-0.3, -0.25) is 14.1 Å². The number of phosphoric ester groups is 1. The molecule has 0 spiro atoms. The number of hydrogen-bond donors (Lipinski definition) is 2. The number of unbranched alkanes of at least 4 members (excludes halogenated alkanes) is 27. The molecule has 0 aromatic heterocycles. The van der Waals surface area contributed by atoms with Crippen LogP contribution in [-0.2, 0) is 28.2 Å². The van der Waals surface area contributed by atoms with Crippen LogP contribution >= 0.6 is 7.82 Å². The smallest absolute Gasteiger partial charge is 0.462 e. The van der Waals surface area contributed by atoms with E-state index in [9.17, 15) is 14.2 Å². The lowest BCUT2D eigenvalue weighted by molar-refractivity contribution is -0.161. The van der Waals surface area contributed by atoms with Crippen LogP contribution in [0.2, 0.25) is 0 Å². The fourth-order valence-electron chi connectivity index (χ4n) is 6.86. The second kappa shape index (κ2) is 37.9. The maximum absolute atomic E-state index is 12.4. The van der Waals surface area contributed by atoms with Gasteiger partial charge in [-0.1, -0.05) is 214 Å². The molecular formula is C44H87O8P. The zero-order valence-electron chi connectivity index (χ0n) is 35.3. The molecule has 53 heavy (non-hydrogen) atoms. The normalized spacial score (nSPS) is 12.5. The van der Waals surface area contributed by atoms with Gasteiger partial charge in [0.05, 0.1) is 6.61 Å². The van der Waals surface area contributed by atoms with Crippen LogP contribution in [0.25, 0.3) is 0 Å². The molecular weight excluding hydrogens is 687 g/mol. The summed E-state index contributed by atoms with van der Waals surface area (Å²) in [7, 11) is -4.75. The number of phosphoric acid groups is 1. The number of carbonyl (C=O) groups is 2. The second-order valence-electron chi connectivity index (χ2n) is 16.7. The number of esters is 2. The van der Waals surface area contributed by atoms with E-state index in [-0.39, 0.29) is 19.4 Å². The van der Waals surface area contributed by atoms with Crippen molar-refractivity contribution in [3.05, 3.63) is 0 Å². The minimum atomic E-state index is -4.75. The summed E-state index contributed by atoms with van der Waals surface area (Å²) in [5, 5.41) is 0. The molecule has 0 fully saturated rings. The molecule has 9 heteroatoms. The van der Waals surface area contributed by atoms with E-state index in [2.05, 4.69) is 32.2 Å². The van der Waals surface area contributed by atoms with Crippen LogP contribution in [0.1, 0.15) is 240 Å². The summed E-state index contributed by atoms with van der Waals surface area (Å²) in [6, 6.07) is 0. The highest BCUT2D eigenvalue weighted by Gasteiger charge is 2.23. The van der Waals surface area contributed by atoms with E-state index in [1.165, 1.54) is 161 Å². The number of rotatable bonds is 41. The molecule has 8 nitrogen and oxygen atoms in total. The Labute approximate surface area is 327 Å². The standard InChI is InChI=1S/C44H87O8P/c1-40(2)34-30-26-22-18-14-10-7-5-6-8-12-17-21-25-29-33-37-44(46)52-42(39-51-53(47,48)49)38-50-43(45)36-32-28-24-20-16-13-9-11-15-19-23-27-31-35-41(3)4/h40-42H,5-39H2,1-4H3,(H2,47,48,49)/t42-/m1/s1. The Hall–Kier alpha value is -0.950. The molecule has 0 unspecified atom stereocenters. The quantitative estimate of drug-likeness (QED) is 0.0358. The molecule has 0 heterocycles. The molecule has 316 valence electrons. The molecule has 0 aliphatic carbocycles. The van der Waals surface area contributed by atoms with E-state index >= 15 is 0 Å². The zero-order chi connectivity index (χ0) is 39.3. The summed E-state index contributed by atoms with van der Waals surface area (Å²) in [6.45, 7) is 8.41. The Morgan fingerprint density at radius 3 is 1.02 bits per heavy atom. The topological polar surface area (TPSA) is 119 Å². The van der Waals surface area contributed by atoms with E-state index in [0.717, 1.165) is 43.9 Å². The van der Waals surface area contributed by atoms with Crippen molar-refractivity contribution in [1.82, 2.24) is 0 Å². The van der Waals surface area contributed by atoms with Gasteiger partial charge in [0.15, 0.2) is 6.10 Å². The van der Waals surface area contributed by atoms with E-state index in [4.69, 9.17) is 19.3 Å². The summed E-state index contributed by atoms with van der Waals surface area (Å²) in [6.07, 6.45) is 38.3. The molecule has 0 rings (SSSR count). The van der Waals surface area contributed by atoms with E-state index in [1.54, 1.807) is 0 Å². The third kappa shape index (κ3) is 43.6. The van der Waals surface area contributed by atoms with Gasteiger partial charge in [0.25, 0.3) is 0 Å². The fraction of sp³-hybridized carbons (Fsp3) is 0.955. The molecule has 0 aromatic rings. The van der Waals surface area contributed by atoms with E-state index < -0.39 is 32.5 Å². The van der Waals surface area contributed by atoms with Crippen molar-refractivity contribution in [1.29, 1.82) is 0 Å². The highest BCUT2D eigenvalue weighted by molar-refractivity contribution is 7.46. The van der Waals surface area contributed by atoms with Crippen molar-refractivity contribution in [3.8, 4) is 0 Å². The van der Waals surface area contributed by atoms with Crippen molar-refractivity contribution in [3.63, 3.8) is 0 Å². The molecule has 0 amide bonds. The van der Waals surface area contributed by atoms with Crippen LogP contribution in [0.4, 0.5) is 0 Å². The van der Waals surface area contributed by atoms with Crippen LogP contribution < -0.4 is 0 Å². The van der Waals surface area contributed by atoms with Crippen molar-refractivity contribution in [2.45, 2.75) is 246 Å². The minimum absolute atomic E-state index is 0.219. The van der Waals surface area contributed by atoms with Crippen LogP contribution in [0.3, 0.4) is 0 Å². The highest BCUT2D eigenvalue weighted by atomic mass is 31.2. The lowest BCUT2D eigenvalue weighted by Gasteiger charge is -2.18. The lowest BCUT2D eigenvalue weighted by Crippen LogP contribution is -2.29. The first kappa shape index (κ1) is 52.0. The van der Waals surface area contributed by atoms with Crippen LogP contribution in [0.5, 0.6) is 0 Å². The monoisotopic (exact) mass is 775 g/mol. The molecule has 0 bridgehead atoms. The SMILES string of the molecule is CC(C)CCCCCCCCCCCCCCCCCCC(=O)O[C@H](COC(=O)CCCCCCCCCCCCCCCC(C)C)COP(=O)(O)O. The first-order chi connectivity index (χ1) is 25.5. The van der Waals surface area contributed by atoms with Crippen LogP contribution in [-0.4, -0.2) is 41.0 Å². The van der Waals surface area contributed by atoms with Gasteiger partial charge in [-0.05, 0) is 24.7 Å². The fourth-order valence-corrected chi connectivity index (χ4v) is 7.22. The molecule has 0 radical (unpaired) electrons. The van der Waals surface area contributed by atoms with Crippen molar-refractivity contribution >= 4 is 19.8 Å². The summed E-state index contributed by atoms with van der Waals surface area (Å²) in [4.78, 5) is 42.9. The second-order valence-corrected chi connectivity index (χ2v) is 17.9. The van der Waals surface area contributed by atoms with Gasteiger partial charge in [0.1, 0.15) is 6.61 Å². The number of hydrogen-bond acceptors (Lipinski definition) is 6. The van der Waals surface area contributed by atoms with E-state index in [1.807, 2.05) is 0 Å². The number of ether oxygens (including phenoxy) is 2. The predicted octanol–water partition coefficient (Wildman–Crippen LogP) is 13.7. The van der Waals surface area contributed by atoms with Gasteiger partial charge >= 0.3 is 19.8 Å². The highest BCUT2D eigenvalue weighted by Crippen LogP contribution is 2.36. The third-order valence-corrected chi connectivity index (χ3v) is 10.7.